The molecule has 0 radical (unpaired) electrons. The molecule has 9 nitrogen and oxygen atoms in total. The predicted molar refractivity (Wildman–Crippen MR) is 220 cm³/mol. The highest BCUT2D eigenvalue weighted by Crippen LogP contribution is 2.36. The lowest BCUT2D eigenvalue weighted by atomic mass is 10.0. The summed E-state index contributed by atoms with van der Waals surface area (Å²) in [6, 6.07) is 0. The smallest absolute Gasteiger partial charge is 0.462 e. The molecule has 2 N–H and O–H groups in total. The summed E-state index contributed by atoms with van der Waals surface area (Å²) in [5, 5.41) is 0. The van der Waals surface area contributed by atoms with Gasteiger partial charge in [-0.15, -0.1) is 0 Å². The molecule has 1 heterocycles. The number of phosphoric ester groups is 1. The number of allylic oxidation sites excluding steroid dienone is 8. The summed E-state index contributed by atoms with van der Waals surface area (Å²) in [7, 11) is -4.78. The van der Waals surface area contributed by atoms with Crippen molar-refractivity contribution in [3.05, 3.63) is 60.8 Å². The molecule has 0 aromatic carbocycles. The molecule has 1 rings (SSSR count). The van der Waals surface area contributed by atoms with Crippen LogP contribution >= 0.6 is 7.82 Å². The Morgan fingerprint density at radius 3 is 1.63 bits per heavy atom. The van der Waals surface area contributed by atoms with Crippen LogP contribution in [0, 0.1) is 5.92 Å². The van der Waals surface area contributed by atoms with E-state index in [1.54, 1.807) is 0 Å². The SMILES string of the molecule is CC/C=C\CC1OC1C/C=C\C/C=C\C/C=C\C/C=C\CCC(=O)O[C@H](COC(=O)CCCCCCCCCCCCCCCC(C)C)COP(=O)(O)O. The van der Waals surface area contributed by atoms with E-state index in [2.05, 4.69) is 73.9 Å². The highest BCUT2D eigenvalue weighted by Gasteiger charge is 2.35. The lowest BCUT2D eigenvalue weighted by molar-refractivity contribution is -0.161. The molecule has 10 heteroatoms. The van der Waals surface area contributed by atoms with Crippen molar-refractivity contribution < 1.29 is 42.7 Å². The van der Waals surface area contributed by atoms with Crippen molar-refractivity contribution in [2.24, 2.45) is 5.92 Å². The zero-order chi connectivity index (χ0) is 39.5. The summed E-state index contributed by atoms with van der Waals surface area (Å²) < 4.78 is 32.0. The van der Waals surface area contributed by atoms with Gasteiger partial charge in [-0.1, -0.05) is 165 Å². The first-order valence-corrected chi connectivity index (χ1v) is 22.6. The van der Waals surface area contributed by atoms with Crippen LogP contribution in [0.4, 0.5) is 0 Å². The minimum atomic E-state index is -4.78. The molecule has 1 saturated heterocycles. The summed E-state index contributed by atoms with van der Waals surface area (Å²) >= 11 is 0. The van der Waals surface area contributed by atoms with Crippen molar-refractivity contribution in [1.29, 1.82) is 0 Å². The van der Waals surface area contributed by atoms with Crippen LogP contribution in [0.15, 0.2) is 60.8 Å². The zero-order valence-electron chi connectivity index (χ0n) is 34.0. The van der Waals surface area contributed by atoms with Gasteiger partial charge < -0.3 is 24.0 Å². The van der Waals surface area contributed by atoms with Gasteiger partial charge in [0, 0.05) is 12.8 Å². The van der Waals surface area contributed by atoms with Gasteiger partial charge in [0.05, 0.1) is 18.8 Å². The Kier molecular flexibility index (Phi) is 31.3. The van der Waals surface area contributed by atoms with Gasteiger partial charge in [0.2, 0.25) is 0 Å². The molecular formula is C44H75O9P. The van der Waals surface area contributed by atoms with Gasteiger partial charge in [-0.2, -0.15) is 0 Å². The Morgan fingerprint density at radius 1 is 0.630 bits per heavy atom. The number of esters is 2. The van der Waals surface area contributed by atoms with E-state index in [0.29, 0.717) is 25.0 Å². The van der Waals surface area contributed by atoms with E-state index in [1.807, 2.05) is 12.2 Å². The van der Waals surface area contributed by atoms with E-state index in [4.69, 9.17) is 24.0 Å². The fourth-order valence-electron chi connectivity index (χ4n) is 5.92. The Morgan fingerprint density at radius 2 is 1.11 bits per heavy atom. The van der Waals surface area contributed by atoms with Crippen LogP contribution in [-0.4, -0.2) is 53.3 Å². The van der Waals surface area contributed by atoms with Crippen LogP contribution in [0.2, 0.25) is 0 Å². The standard InChI is InChI=1S/C44H75O9P/c1-4-5-27-33-41-42(53-41)34-29-24-20-16-12-9-10-14-18-22-26-31-36-44(46)52-40(38-51-54(47,48)49)37-50-43(45)35-30-25-21-17-13-8-6-7-11-15-19-23-28-32-39(2)3/h5,10,12,14,16,22,24,26-27,29,39-42H,4,6-9,11,13,15,17-21,23,25,28,30-38H2,1-3H3,(H2,47,48,49)/b14-10-,16-12-,26-22-,27-5-,29-24-/t40-,41?,42?/m1/s1. The molecule has 0 bridgehead atoms. The molecule has 0 aliphatic carbocycles. The number of hydrogen-bond donors (Lipinski definition) is 2. The zero-order valence-corrected chi connectivity index (χ0v) is 34.9. The minimum Gasteiger partial charge on any atom is -0.462 e. The van der Waals surface area contributed by atoms with E-state index in [9.17, 15) is 14.2 Å². The summed E-state index contributed by atoms with van der Waals surface area (Å²) in [6.45, 7) is 5.84. The molecule has 0 aromatic rings. The first kappa shape index (κ1) is 49.7. The van der Waals surface area contributed by atoms with Crippen molar-refractivity contribution in [2.75, 3.05) is 13.2 Å². The average Bonchev–Trinajstić information content (AvgIpc) is 3.88. The summed E-state index contributed by atoms with van der Waals surface area (Å²) in [5.74, 6) is -0.167. The van der Waals surface area contributed by atoms with Crippen LogP contribution in [0.25, 0.3) is 0 Å². The van der Waals surface area contributed by atoms with E-state index < -0.39 is 32.5 Å². The normalized spacial score (nSPS) is 16.9. The van der Waals surface area contributed by atoms with Crippen molar-refractivity contribution in [1.82, 2.24) is 0 Å². The van der Waals surface area contributed by atoms with Crippen LogP contribution in [0.5, 0.6) is 0 Å². The number of ether oxygens (including phenoxy) is 3. The third-order valence-corrected chi connectivity index (χ3v) is 9.63. The Balaban J connectivity index is 2.11. The van der Waals surface area contributed by atoms with Crippen LogP contribution in [0.3, 0.4) is 0 Å². The largest absolute Gasteiger partial charge is 0.469 e. The lowest BCUT2D eigenvalue weighted by Gasteiger charge is -2.18. The summed E-state index contributed by atoms with van der Waals surface area (Å²) in [5.41, 5.74) is 0. The van der Waals surface area contributed by atoms with Crippen molar-refractivity contribution in [3.63, 3.8) is 0 Å². The average molecular weight is 779 g/mol. The first-order valence-electron chi connectivity index (χ1n) is 21.1. The monoisotopic (exact) mass is 779 g/mol. The second kappa shape index (κ2) is 34.0. The van der Waals surface area contributed by atoms with Crippen LogP contribution in [-0.2, 0) is 32.9 Å². The maximum atomic E-state index is 12.4. The van der Waals surface area contributed by atoms with Gasteiger partial charge in [0.1, 0.15) is 6.61 Å². The predicted octanol–water partition coefficient (Wildman–Crippen LogP) is 11.7. The molecule has 54 heavy (non-hydrogen) atoms. The molecule has 310 valence electrons. The molecule has 0 saturated carbocycles. The molecule has 1 fully saturated rings. The maximum Gasteiger partial charge on any atom is 0.469 e. The molecule has 3 atom stereocenters. The number of rotatable bonds is 36. The highest BCUT2D eigenvalue weighted by molar-refractivity contribution is 7.46. The number of carbonyl (C=O) groups excluding carboxylic acids is 2. The third-order valence-electron chi connectivity index (χ3n) is 9.14. The number of epoxide rings is 1. The second-order valence-corrected chi connectivity index (χ2v) is 16.0. The maximum absolute atomic E-state index is 12.4. The van der Waals surface area contributed by atoms with Gasteiger partial charge in [-0.3, -0.25) is 14.1 Å². The fourth-order valence-corrected chi connectivity index (χ4v) is 6.28. The Hall–Kier alpha value is -2.29. The minimum absolute atomic E-state index is 0.0822. The highest BCUT2D eigenvalue weighted by atomic mass is 31.2. The van der Waals surface area contributed by atoms with Gasteiger partial charge in [0.15, 0.2) is 6.10 Å². The van der Waals surface area contributed by atoms with E-state index in [-0.39, 0.29) is 19.4 Å². The Labute approximate surface area is 328 Å². The number of hydrogen-bond acceptors (Lipinski definition) is 7. The number of unbranched alkanes of at least 4 members (excludes halogenated alkanes) is 12. The van der Waals surface area contributed by atoms with Crippen molar-refractivity contribution >= 4 is 19.8 Å². The quantitative estimate of drug-likeness (QED) is 0.0210. The number of carbonyl (C=O) groups is 2. The molecule has 0 aromatic heterocycles. The Bertz CT molecular complexity index is 1140. The first-order chi connectivity index (χ1) is 26.1. The van der Waals surface area contributed by atoms with Gasteiger partial charge in [-0.25, -0.2) is 4.57 Å². The molecule has 0 amide bonds. The van der Waals surface area contributed by atoms with Crippen molar-refractivity contribution in [2.45, 2.75) is 187 Å². The summed E-state index contributed by atoms with van der Waals surface area (Å²) in [6.07, 6.45) is 44.3. The number of phosphoric acid groups is 1. The second-order valence-electron chi connectivity index (χ2n) is 14.8. The lowest BCUT2D eigenvalue weighted by Crippen LogP contribution is -2.29. The summed E-state index contributed by atoms with van der Waals surface area (Å²) in [4.78, 5) is 42.8. The van der Waals surface area contributed by atoms with E-state index in [0.717, 1.165) is 57.3 Å². The van der Waals surface area contributed by atoms with Gasteiger partial charge >= 0.3 is 19.8 Å². The van der Waals surface area contributed by atoms with Gasteiger partial charge in [-0.05, 0) is 57.3 Å². The van der Waals surface area contributed by atoms with E-state index >= 15 is 0 Å². The fraction of sp³-hybridized carbons (Fsp3) is 0.727. The van der Waals surface area contributed by atoms with Crippen molar-refractivity contribution in [3.8, 4) is 0 Å². The third kappa shape index (κ3) is 34.2. The topological polar surface area (TPSA) is 132 Å². The molecular weight excluding hydrogens is 703 g/mol. The van der Waals surface area contributed by atoms with E-state index in [1.165, 1.54) is 70.6 Å². The molecule has 1 aliphatic heterocycles. The molecule has 0 spiro atoms. The van der Waals surface area contributed by atoms with Gasteiger partial charge in [0.25, 0.3) is 0 Å². The molecule has 2 unspecified atom stereocenters. The van der Waals surface area contributed by atoms with Crippen LogP contribution in [0.1, 0.15) is 168 Å². The van der Waals surface area contributed by atoms with Crippen LogP contribution < -0.4 is 0 Å². The molecule has 1 aliphatic rings.